The van der Waals surface area contributed by atoms with Crippen molar-refractivity contribution in [2.75, 3.05) is 13.2 Å². The molecule has 0 aliphatic carbocycles. The molecule has 176 valence electrons. The summed E-state index contributed by atoms with van der Waals surface area (Å²) in [7, 11) is -3.65. The zero-order valence-electron chi connectivity index (χ0n) is 18.2. The highest BCUT2D eigenvalue weighted by molar-refractivity contribution is 7.89. The Morgan fingerprint density at radius 3 is 2.35 bits per heavy atom. The van der Waals surface area contributed by atoms with Crippen LogP contribution in [-0.2, 0) is 29.4 Å². The van der Waals surface area contributed by atoms with Crippen molar-refractivity contribution < 1.29 is 26.3 Å². The molecule has 34 heavy (non-hydrogen) atoms. The van der Waals surface area contributed by atoms with Gasteiger partial charge in [0.25, 0.3) is 0 Å². The average molecular weight is 486 g/mol. The number of rotatable bonds is 4. The van der Waals surface area contributed by atoms with Gasteiger partial charge in [-0.3, -0.25) is 0 Å². The van der Waals surface area contributed by atoms with Crippen LogP contribution < -0.4 is 4.74 Å². The van der Waals surface area contributed by atoms with Crippen LogP contribution >= 0.6 is 0 Å². The minimum atomic E-state index is -4.46. The molecule has 0 saturated heterocycles. The first-order chi connectivity index (χ1) is 16.2. The fourth-order valence-electron chi connectivity index (χ4n) is 4.46. The van der Waals surface area contributed by atoms with Crippen molar-refractivity contribution in [3.05, 3.63) is 101 Å². The van der Waals surface area contributed by atoms with Crippen molar-refractivity contribution in [1.82, 2.24) is 4.31 Å². The molecule has 0 amide bonds. The Morgan fingerprint density at radius 1 is 0.912 bits per heavy atom. The number of hydrogen-bond acceptors (Lipinski definition) is 3. The van der Waals surface area contributed by atoms with Gasteiger partial charge in [0.15, 0.2) is 0 Å². The molecule has 0 N–H and O–H groups in total. The van der Waals surface area contributed by atoms with Crippen molar-refractivity contribution in [3.63, 3.8) is 0 Å². The van der Waals surface area contributed by atoms with Crippen LogP contribution in [0.3, 0.4) is 0 Å². The molecule has 2 heterocycles. The molecule has 0 unspecified atom stereocenters. The Morgan fingerprint density at radius 2 is 1.62 bits per heavy atom. The molecule has 0 bridgehead atoms. The van der Waals surface area contributed by atoms with E-state index >= 15 is 0 Å². The largest absolute Gasteiger partial charge is 0.489 e. The van der Waals surface area contributed by atoms with E-state index in [-0.39, 0.29) is 22.8 Å². The van der Waals surface area contributed by atoms with Gasteiger partial charge in [-0.25, -0.2) is 8.42 Å². The van der Waals surface area contributed by atoms with Crippen molar-refractivity contribution in [2.45, 2.75) is 30.5 Å². The number of ether oxygens (including phenoxy) is 1. The molecule has 2 aliphatic rings. The molecule has 4 nitrogen and oxygen atoms in total. The standard InChI is InChI=1S/C26H22F3NO3S/c27-26(28,29)24-12-14-33-25-10-7-19(16-23(24)25)15-18-5-8-22(9-6-18)34(31,32)30-13-11-20-3-1-2-4-21(20)17-30/h1-10,12,16H,11,13-15,17H2. The predicted molar refractivity (Wildman–Crippen MR) is 123 cm³/mol. The first kappa shape index (κ1) is 22.7. The SMILES string of the molecule is O=S(=O)(c1ccc(Cc2ccc3c(c2)C(C(F)(F)F)=CCO3)cc1)N1CCc2ccccc2C1. The minimum absolute atomic E-state index is 0.0285. The summed E-state index contributed by atoms with van der Waals surface area (Å²) in [5, 5.41) is 0. The predicted octanol–water partition coefficient (Wildman–Crippen LogP) is 5.36. The highest BCUT2D eigenvalue weighted by Crippen LogP contribution is 2.41. The smallest absolute Gasteiger partial charge is 0.416 e. The lowest BCUT2D eigenvalue weighted by molar-refractivity contribution is -0.0697. The van der Waals surface area contributed by atoms with Crippen LogP contribution in [0.5, 0.6) is 5.75 Å². The van der Waals surface area contributed by atoms with E-state index in [9.17, 15) is 21.6 Å². The summed E-state index contributed by atoms with van der Waals surface area (Å²) in [4.78, 5) is 0.205. The van der Waals surface area contributed by atoms with Gasteiger partial charge < -0.3 is 4.74 Å². The molecule has 0 saturated carbocycles. The van der Waals surface area contributed by atoms with Crippen molar-refractivity contribution >= 4 is 15.6 Å². The Hall–Kier alpha value is -3.10. The quantitative estimate of drug-likeness (QED) is 0.500. The normalized spacial score (nSPS) is 16.3. The zero-order chi connectivity index (χ0) is 23.9. The van der Waals surface area contributed by atoms with E-state index in [1.165, 1.54) is 15.9 Å². The van der Waals surface area contributed by atoms with Crippen LogP contribution in [0, 0.1) is 0 Å². The third-order valence-corrected chi connectivity index (χ3v) is 8.09. The van der Waals surface area contributed by atoms with Gasteiger partial charge in [-0.1, -0.05) is 42.5 Å². The minimum Gasteiger partial charge on any atom is -0.489 e. The lowest BCUT2D eigenvalue weighted by Gasteiger charge is -2.28. The first-order valence-corrected chi connectivity index (χ1v) is 12.4. The third kappa shape index (κ3) is 4.35. The van der Waals surface area contributed by atoms with Crippen molar-refractivity contribution in [2.24, 2.45) is 0 Å². The second-order valence-corrected chi connectivity index (χ2v) is 10.4. The number of sulfonamides is 1. The summed E-state index contributed by atoms with van der Waals surface area (Å²) in [6.45, 7) is 0.652. The van der Waals surface area contributed by atoms with Crippen LogP contribution in [0.1, 0.15) is 27.8 Å². The van der Waals surface area contributed by atoms with Gasteiger partial charge in [0.1, 0.15) is 12.4 Å². The Bertz CT molecular complexity index is 1360. The lowest BCUT2D eigenvalue weighted by Crippen LogP contribution is -2.35. The van der Waals surface area contributed by atoms with Gasteiger partial charge in [0.05, 0.1) is 10.5 Å². The molecule has 0 aromatic heterocycles. The van der Waals surface area contributed by atoms with E-state index in [4.69, 9.17) is 4.74 Å². The van der Waals surface area contributed by atoms with Crippen LogP contribution in [0.4, 0.5) is 13.2 Å². The number of hydrogen-bond donors (Lipinski definition) is 0. The molecular formula is C26H22F3NO3S. The second-order valence-electron chi connectivity index (χ2n) is 8.44. The Balaban J connectivity index is 1.34. The fourth-order valence-corrected chi connectivity index (χ4v) is 5.87. The van der Waals surface area contributed by atoms with E-state index in [2.05, 4.69) is 0 Å². The van der Waals surface area contributed by atoms with Gasteiger partial charge >= 0.3 is 6.18 Å². The van der Waals surface area contributed by atoms with Crippen LogP contribution in [0.15, 0.2) is 77.7 Å². The topological polar surface area (TPSA) is 46.6 Å². The van der Waals surface area contributed by atoms with Crippen LogP contribution in [0.25, 0.3) is 5.57 Å². The fraction of sp³-hybridized carbons (Fsp3) is 0.231. The first-order valence-electron chi connectivity index (χ1n) is 10.9. The average Bonchev–Trinajstić information content (AvgIpc) is 2.83. The van der Waals surface area contributed by atoms with Gasteiger partial charge in [-0.05, 0) is 65.4 Å². The van der Waals surface area contributed by atoms with E-state index in [1.54, 1.807) is 36.4 Å². The summed E-state index contributed by atoms with van der Waals surface area (Å²) < 4.78 is 73.3. The third-order valence-electron chi connectivity index (χ3n) is 6.23. The number of alkyl halides is 3. The molecule has 2 aliphatic heterocycles. The molecular weight excluding hydrogens is 463 g/mol. The summed E-state index contributed by atoms with van der Waals surface area (Å²) in [6.07, 6.45) is -2.37. The van der Waals surface area contributed by atoms with E-state index in [1.807, 2.05) is 24.3 Å². The summed E-state index contributed by atoms with van der Waals surface area (Å²) in [5.41, 5.74) is 3.00. The highest BCUT2D eigenvalue weighted by atomic mass is 32.2. The maximum Gasteiger partial charge on any atom is 0.416 e. The summed E-state index contributed by atoms with van der Waals surface area (Å²) in [6, 6.07) is 19.1. The Labute approximate surface area is 196 Å². The molecule has 8 heteroatoms. The van der Waals surface area contributed by atoms with Crippen LogP contribution in [-0.4, -0.2) is 32.1 Å². The summed E-state index contributed by atoms with van der Waals surface area (Å²) >= 11 is 0. The van der Waals surface area contributed by atoms with E-state index in [0.29, 0.717) is 31.5 Å². The van der Waals surface area contributed by atoms with Gasteiger partial charge in [-0.15, -0.1) is 0 Å². The lowest BCUT2D eigenvalue weighted by atomic mass is 9.96. The monoisotopic (exact) mass is 485 g/mol. The van der Waals surface area contributed by atoms with Gasteiger partial charge in [-0.2, -0.15) is 17.5 Å². The van der Waals surface area contributed by atoms with Crippen molar-refractivity contribution in [3.8, 4) is 5.75 Å². The molecule has 0 spiro atoms. The molecule has 0 radical (unpaired) electrons. The zero-order valence-corrected chi connectivity index (χ0v) is 19.0. The van der Waals surface area contributed by atoms with Crippen LogP contribution in [0.2, 0.25) is 0 Å². The van der Waals surface area contributed by atoms with Crippen molar-refractivity contribution in [1.29, 1.82) is 0 Å². The molecule has 5 rings (SSSR count). The maximum atomic E-state index is 13.4. The van der Waals surface area contributed by atoms with Gasteiger partial charge in [0.2, 0.25) is 10.0 Å². The van der Waals surface area contributed by atoms with Gasteiger partial charge in [0, 0.05) is 18.7 Å². The number of allylic oxidation sites excluding steroid dienone is 1. The molecule has 0 atom stereocenters. The number of benzene rings is 3. The second kappa shape index (κ2) is 8.60. The summed E-state index contributed by atoms with van der Waals surface area (Å²) in [5.74, 6) is 0.211. The van der Waals surface area contributed by atoms with E-state index < -0.39 is 21.8 Å². The molecule has 3 aromatic carbocycles. The Kier molecular flexibility index (Phi) is 5.73. The number of halogens is 3. The van der Waals surface area contributed by atoms with E-state index in [0.717, 1.165) is 17.2 Å². The number of nitrogens with zero attached hydrogens (tertiary/aromatic N) is 1. The molecule has 3 aromatic rings. The number of fused-ring (bicyclic) bond motifs is 2. The highest BCUT2D eigenvalue weighted by Gasteiger charge is 2.37. The maximum absolute atomic E-state index is 13.4. The molecule has 0 fully saturated rings.